The van der Waals surface area contributed by atoms with Gasteiger partial charge < -0.3 is 9.52 Å². The summed E-state index contributed by atoms with van der Waals surface area (Å²) in [5.41, 5.74) is 2.54. The van der Waals surface area contributed by atoms with Gasteiger partial charge in [-0.3, -0.25) is 0 Å². The standard InChI is InChI=1S/C16H19NO3/c1-4-11-5-7-12(8-6-11)15-17-13(9-10(2)3)14(20-15)16(18)19/h5-8,10H,4,9H2,1-3H3,(H,18,19). The molecule has 4 heteroatoms. The molecule has 4 nitrogen and oxygen atoms in total. The molecule has 0 atom stereocenters. The zero-order valence-electron chi connectivity index (χ0n) is 12.0. The highest BCUT2D eigenvalue weighted by Gasteiger charge is 2.20. The highest BCUT2D eigenvalue weighted by Crippen LogP contribution is 2.24. The van der Waals surface area contributed by atoms with Gasteiger partial charge in [0.25, 0.3) is 0 Å². The van der Waals surface area contributed by atoms with E-state index in [1.165, 1.54) is 5.56 Å². The summed E-state index contributed by atoms with van der Waals surface area (Å²) in [7, 11) is 0. The normalized spacial score (nSPS) is 11.0. The lowest BCUT2D eigenvalue weighted by atomic mass is 10.1. The molecule has 20 heavy (non-hydrogen) atoms. The number of carbonyl (C=O) groups is 1. The van der Waals surface area contributed by atoms with Crippen LogP contribution in [-0.4, -0.2) is 16.1 Å². The Morgan fingerprint density at radius 3 is 2.45 bits per heavy atom. The van der Waals surface area contributed by atoms with E-state index < -0.39 is 5.97 Å². The second-order valence-corrected chi connectivity index (χ2v) is 5.25. The Kier molecular flexibility index (Phi) is 4.23. The molecule has 1 aromatic heterocycles. The molecule has 2 rings (SSSR count). The smallest absolute Gasteiger partial charge is 0.373 e. The summed E-state index contributed by atoms with van der Waals surface area (Å²) < 4.78 is 5.43. The fourth-order valence-electron chi connectivity index (χ4n) is 2.05. The van der Waals surface area contributed by atoms with Gasteiger partial charge in [-0.1, -0.05) is 32.9 Å². The minimum atomic E-state index is -1.07. The van der Waals surface area contributed by atoms with E-state index in [1.54, 1.807) is 0 Å². The van der Waals surface area contributed by atoms with E-state index in [1.807, 2.05) is 38.1 Å². The third kappa shape index (κ3) is 3.07. The lowest BCUT2D eigenvalue weighted by Gasteiger charge is -2.00. The largest absolute Gasteiger partial charge is 0.475 e. The summed E-state index contributed by atoms with van der Waals surface area (Å²) in [4.78, 5) is 15.6. The summed E-state index contributed by atoms with van der Waals surface area (Å²) in [6.45, 7) is 6.13. The Balaban J connectivity index is 2.38. The van der Waals surface area contributed by atoms with Crippen LogP contribution in [0.2, 0.25) is 0 Å². The van der Waals surface area contributed by atoms with Crippen LogP contribution in [0, 0.1) is 5.92 Å². The van der Waals surface area contributed by atoms with Crippen LogP contribution in [0.15, 0.2) is 28.7 Å². The maximum atomic E-state index is 11.2. The number of hydrogen-bond acceptors (Lipinski definition) is 3. The number of aromatic nitrogens is 1. The second-order valence-electron chi connectivity index (χ2n) is 5.25. The van der Waals surface area contributed by atoms with Crippen molar-refractivity contribution in [2.45, 2.75) is 33.6 Å². The molecule has 0 fully saturated rings. The van der Waals surface area contributed by atoms with E-state index in [9.17, 15) is 9.90 Å². The van der Waals surface area contributed by atoms with Gasteiger partial charge in [-0.05, 0) is 36.5 Å². The summed E-state index contributed by atoms with van der Waals surface area (Å²) >= 11 is 0. The van der Waals surface area contributed by atoms with Gasteiger partial charge in [-0.15, -0.1) is 0 Å². The average Bonchev–Trinajstić information content (AvgIpc) is 2.82. The molecule has 0 amide bonds. The number of nitrogens with zero attached hydrogens (tertiary/aromatic N) is 1. The molecule has 0 saturated carbocycles. The van der Waals surface area contributed by atoms with E-state index in [0.29, 0.717) is 23.9 Å². The van der Waals surface area contributed by atoms with Crippen molar-refractivity contribution in [3.63, 3.8) is 0 Å². The number of rotatable bonds is 5. The summed E-state index contributed by atoms with van der Waals surface area (Å²) in [6.07, 6.45) is 1.56. The van der Waals surface area contributed by atoms with Crippen molar-refractivity contribution in [3.05, 3.63) is 41.3 Å². The molecule has 2 aromatic rings. The van der Waals surface area contributed by atoms with Gasteiger partial charge in [0, 0.05) is 5.56 Å². The van der Waals surface area contributed by atoms with Gasteiger partial charge in [0.15, 0.2) is 0 Å². The summed E-state index contributed by atoms with van der Waals surface area (Å²) in [5.74, 6) is -0.410. The SMILES string of the molecule is CCc1ccc(-c2nc(CC(C)C)c(C(=O)O)o2)cc1. The van der Waals surface area contributed by atoms with Crippen molar-refractivity contribution >= 4 is 5.97 Å². The lowest BCUT2D eigenvalue weighted by molar-refractivity contribution is 0.0661. The molecule has 106 valence electrons. The van der Waals surface area contributed by atoms with Gasteiger partial charge in [-0.25, -0.2) is 9.78 Å². The summed E-state index contributed by atoms with van der Waals surface area (Å²) in [5, 5.41) is 9.19. The fraction of sp³-hybridized carbons (Fsp3) is 0.375. The van der Waals surface area contributed by atoms with E-state index in [2.05, 4.69) is 11.9 Å². The van der Waals surface area contributed by atoms with Gasteiger partial charge in [0.2, 0.25) is 11.7 Å². The van der Waals surface area contributed by atoms with Crippen molar-refractivity contribution < 1.29 is 14.3 Å². The molecule has 0 aliphatic heterocycles. The highest BCUT2D eigenvalue weighted by molar-refractivity contribution is 5.86. The van der Waals surface area contributed by atoms with Crippen molar-refractivity contribution in [3.8, 4) is 11.5 Å². The quantitative estimate of drug-likeness (QED) is 0.900. The monoisotopic (exact) mass is 273 g/mol. The van der Waals surface area contributed by atoms with Crippen molar-refractivity contribution in [1.82, 2.24) is 4.98 Å². The molecule has 0 aliphatic carbocycles. The van der Waals surface area contributed by atoms with Crippen molar-refractivity contribution in [2.75, 3.05) is 0 Å². The molecule has 0 saturated heterocycles. The maximum Gasteiger partial charge on any atom is 0.373 e. The molecule has 0 bridgehead atoms. The van der Waals surface area contributed by atoms with Crippen LogP contribution in [0.1, 0.15) is 42.6 Å². The van der Waals surface area contributed by atoms with Gasteiger partial charge in [0.1, 0.15) is 0 Å². The predicted octanol–water partition coefficient (Wildman–Crippen LogP) is 3.80. The molecule has 1 heterocycles. The van der Waals surface area contributed by atoms with Gasteiger partial charge in [0.05, 0.1) is 5.69 Å². The first-order valence-electron chi connectivity index (χ1n) is 6.83. The lowest BCUT2D eigenvalue weighted by Crippen LogP contribution is -2.03. The number of aromatic carboxylic acids is 1. The van der Waals surface area contributed by atoms with Crippen LogP contribution in [0.4, 0.5) is 0 Å². The number of oxazole rings is 1. The van der Waals surface area contributed by atoms with Crippen LogP contribution in [0.25, 0.3) is 11.5 Å². The van der Waals surface area contributed by atoms with E-state index in [-0.39, 0.29) is 5.76 Å². The molecule has 0 radical (unpaired) electrons. The molecule has 0 aliphatic rings. The Labute approximate surface area is 118 Å². The zero-order valence-corrected chi connectivity index (χ0v) is 12.0. The number of aryl methyl sites for hydroxylation is 1. The first-order chi connectivity index (χ1) is 9.51. The van der Waals surface area contributed by atoms with E-state index in [0.717, 1.165) is 12.0 Å². The highest BCUT2D eigenvalue weighted by atomic mass is 16.4. The number of carboxylic acids is 1. The molecule has 0 spiro atoms. The number of benzene rings is 1. The number of carboxylic acid groups (broad SMARTS) is 1. The van der Waals surface area contributed by atoms with Gasteiger partial charge >= 0.3 is 5.97 Å². The fourth-order valence-corrected chi connectivity index (χ4v) is 2.05. The van der Waals surface area contributed by atoms with E-state index in [4.69, 9.17) is 4.42 Å². The maximum absolute atomic E-state index is 11.2. The van der Waals surface area contributed by atoms with E-state index >= 15 is 0 Å². The van der Waals surface area contributed by atoms with Crippen molar-refractivity contribution in [2.24, 2.45) is 5.92 Å². The second kappa shape index (κ2) is 5.90. The van der Waals surface area contributed by atoms with Crippen molar-refractivity contribution in [1.29, 1.82) is 0 Å². The topological polar surface area (TPSA) is 63.3 Å². The first-order valence-corrected chi connectivity index (χ1v) is 6.83. The molecule has 0 unspecified atom stereocenters. The van der Waals surface area contributed by atoms with Crippen LogP contribution in [0.3, 0.4) is 0 Å². The van der Waals surface area contributed by atoms with Crippen LogP contribution >= 0.6 is 0 Å². The van der Waals surface area contributed by atoms with Crippen LogP contribution in [-0.2, 0) is 12.8 Å². The minimum absolute atomic E-state index is 0.0479. The summed E-state index contributed by atoms with van der Waals surface area (Å²) in [6, 6.07) is 7.83. The minimum Gasteiger partial charge on any atom is -0.475 e. The zero-order chi connectivity index (χ0) is 14.7. The molecule has 1 aromatic carbocycles. The predicted molar refractivity (Wildman–Crippen MR) is 76.8 cm³/mol. The van der Waals surface area contributed by atoms with Crippen LogP contribution in [0.5, 0.6) is 0 Å². The Morgan fingerprint density at radius 1 is 1.30 bits per heavy atom. The van der Waals surface area contributed by atoms with Crippen LogP contribution < -0.4 is 0 Å². The Morgan fingerprint density at radius 2 is 1.95 bits per heavy atom. The first kappa shape index (κ1) is 14.3. The van der Waals surface area contributed by atoms with Gasteiger partial charge in [-0.2, -0.15) is 0 Å². The Bertz CT molecular complexity index is 597. The average molecular weight is 273 g/mol. The Hall–Kier alpha value is -2.10. The molecule has 1 N–H and O–H groups in total. The third-order valence-electron chi connectivity index (χ3n) is 3.10. The molecular weight excluding hydrogens is 254 g/mol. The third-order valence-corrected chi connectivity index (χ3v) is 3.10. The number of hydrogen-bond donors (Lipinski definition) is 1. The molecular formula is C16H19NO3.